The summed E-state index contributed by atoms with van der Waals surface area (Å²) in [5.41, 5.74) is 0.369. The average Bonchev–Trinajstić information content (AvgIpc) is 2.10. The number of halogens is 1. The Hall–Kier alpha value is 0.210. The van der Waals surface area contributed by atoms with Crippen LogP contribution in [0, 0.1) is 5.41 Å². The van der Waals surface area contributed by atoms with Gasteiger partial charge >= 0.3 is 0 Å². The van der Waals surface area contributed by atoms with Gasteiger partial charge in [0.1, 0.15) is 0 Å². The molecule has 0 saturated carbocycles. The summed E-state index contributed by atoms with van der Waals surface area (Å²) in [6.07, 6.45) is 1.14. The Morgan fingerprint density at radius 2 is 1.92 bits per heavy atom. The molecule has 0 bridgehead atoms. The summed E-state index contributed by atoms with van der Waals surface area (Å²) in [6.45, 7) is 9.60. The first-order chi connectivity index (χ1) is 5.11. The molecule has 1 aliphatic heterocycles. The van der Waals surface area contributed by atoms with Crippen LogP contribution in [0.3, 0.4) is 0 Å². The molecule has 1 rings (SSSR count). The molecule has 1 atom stereocenters. The lowest BCUT2D eigenvalue weighted by Crippen LogP contribution is -2.40. The van der Waals surface area contributed by atoms with Crippen molar-refractivity contribution >= 4 is 12.4 Å². The predicted molar refractivity (Wildman–Crippen MR) is 53.9 cm³/mol. The smallest absolute Gasteiger partial charge is 0.0591 e. The molecule has 0 aromatic rings. The third-order valence-corrected chi connectivity index (χ3v) is 2.23. The van der Waals surface area contributed by atoms with Crippen molar-refractivity contribution in [3.05, 3.63) is 0 Å². The van der Waals surface area contributed by atoms with E-state index < -0.39 is 0 Å². The van der Waals surface area contributed by atoms with Crippen LogP contribution >= 0.6 is 12.4 Å². The van der Waals surface area contributed by atoms with Crippen molar-refractivity contribution in [3.63, 3.8) is 0 Å². The fourth-order valence-electron chi connectivity index (χ4n) is 1.45. The van der Waals surface area contributed by atoms with Gasteiger partial charge in [-0.3, -0.25) is 0 Å². The van der Waals surface area contributed by atoms with Crippen LogP contribution in [0.5, 0.6) is 0 Å². The molecule has 1 heterocycles. The Morgan fingerprint density at radius 1 is 1.25 bits per heavy atom. The highest BCUT2D eigenvalue weighted by molar-refractivity contribution is 5.85. The van der Waals surface area contributed by atoms with Gasteiger partial charge in [-0.05, 0) is 11.8 Å². The van der Waals surface area contributed by atoms with Crippen molar-refractivity contribution < 1.29 is 4.74 Å². The molecule has 1 fully saturated rings. The van der Waals surface area contributed by atoms with Gasteiger partial charge < -0.3 is 10.1 Å². The molecule has 1 aliphatic rings. The first-order valence-electron chi connectivity index (χ1n) is 4.42. The van der Waals surface area contributed by atoms with Crippen LogP contribution < -0.4 is 5.32 Å². The predicted octanol–water partition coefficient (Wildman–Crippen LogP) is 1.83. The van der Waals surface area contributed by atoms with E-state index >= 15 is 0 Å². The Labute approximate surface area is 81.5 Å². The van der Waals surface area contributed by atoms with Crippen molar-refractivity contribution in [2.45, 2.75) is 33.2 Å². The maximum absolute atomic E-state index is 5.36. The molecule has 3 heteroatoms. The molecule has 0 aromatic carbocycles. The number of rotatable bonds is 0. The number of hydrogen-bond acceptors (Lipinski definition) is 2. The van der Waals surface area contributed by atoms with Crippen LogP contribution in [0.2, 0.25) is 0 Å². The quantitative estimate of drug-likeness (QED) is 0.634. The second kappa shape index (κ2) is 5.05. The molecule has 74 valence electrons. The van der Waals surface area contributed by atoms with Crippen molar-refractivity contribution in [2.75, 3.05) is 19.8 Å². The van der Waals surface area contributed by atoms with E-state index in [2.05, 4.69) is 26.1 Å². The lowest BCUT2D eigenvalue weighted by molar-refractivity contribution is 0.144. The Bertz CT molecular complexity index is 114. The standard InChI is InChI=1S/C9H19NO.ClH/c1-9(2,3)8-4-6-11-7-5-10-8;/h8,10H,4-7H2,1-3H3;1H. The number of nitrogens with one attached hydrogen (secondary N) is 1. The maximum atomic E-state index is 5.36. The highest BCUT2D eigenvalue weighted by atomic mass is 35.5. The molecule has 0 aromatic heterocycles. The van der Waals surface area contributed by atoms with Gasteiger partial charge in [-0.2, -0.15) is 0 Å². The van der Waals surface area contributed by atoms with Gasteiger partial charge in [0, 0.05) is 19.2 Å². The van der Waals surface area contributed by atoms with Gasteiger partial charge in [-0.25, -0.2) is 0 Å². The van der Waals surface area contributed by atoms with E-state index in [0.29, 0.717) is 11.5 Å². The molecular weight excluding hydrogens is 174 g/mol. The van der Waals surface area contributed by atoms with Crippen LogP contribution in [-0.2, 0) is 4.74 Å². The second-order valence-corrected chi connectivity index (χ2v) is 4.27. The first-order valence-corrected chi connectivity index (χ1v) is 4.42. The normalized spacial score (nSPS) is 25.8. The molecule has 1 N–H and O–H groups in total. The zero-order chi connectivity index (χ0) is 8.32. The van der Waals surface area contributed by atoms with E-state index in [0.717, 1.165) is 26.2 Å². The Morgan fingerprint density at radius 3 is 2.50 bits per heavy atom. The lowest BCUT2D eigenvalue weighted by Gasteiger charge is -2.29. The van der Waals surface area contributed by atoms with Crippen molar-refractivity contribution in [1.29, 1.82) is 0 Å². The van der Waals surface area contributed by atoms with E-state index in [-0.39, 0.29) is 12.4 Å². The largest absolute Gasteiger partial charge is 0.380 e. The van der Waals surface area contributed by atoms with Crippen molar-refractivity contribution in [3.8, 4) is 0 Å². The Kier molecular flexibility index (Phi) is 5.14. The van der Waals surface area contributed by atoms with Crippen molar-refractivity contribution in [1.82, 2.24) is 5.32 Å². The number of ether oxygens (including phenoxy) is 1. The van der Waals surface area contributed by atoms with Gasteiger partial charge in [-0.1, -0.05) is 20.8 Å². The Balaban J connectivity index is 0.00000121. The van der Waals surface area contributed by atoms with Gasteiger partial charge in [0.2, 0.25) is 0 Å². The van der Waals surface area contributed by atoms with Gasteiger partial charge in [0.15, 0.2) is 0 Å². The lowest BCUT2D eigenvalue weighted by atomic mass is 9.85. The monoisotopic (exact) mass is 193 g/mol. The molecule has 0 aliphatic carbocycles. The molecule has 0 spiro atoms. The minimum Gasteiger partial charge on any atom is -0.380 e. The topological polar surface area (TPSA) is 21.3 Å². The summed E-state index contributed by atoms with van der Waals surface area (Å²) in [6, 6.07) is 0.616. The third-order valence-electron chi connectivity index (χ3n) is 2.23. The summed E-state index contributed by atoms with van der Waals surface area (Å²) in [4.78, 5) is 0. The second-order valence-electron chi connectivity index (χ2n) is 4.27. The van der Waals surface area contributed by atoms with Crippen molar-refractivity contribution in [2.24, 2.45) is 5.41 Å². The van der Waals surface area contributed by atoms with Crippen LogP contribution in [-0.4, -0.2) is 25.8 Å². The third kappa shape index (κ3) is 3.74. The average molecular weight is 194 g/mol. The molecule has 2 nitrogen and oxygen atoms in total. The molecule has 12 heavy (non-hydrogen) atoms. The molecule has 0 radical (unpaired) electrons. The van der Waals surface area contributed by atoms with E-state index in [1.165, 1.54) is 0 Å². The minimum absolute atomic E-state index is 0. The molecular formula is C9H20ClNO. The SMILES string of the molecule is CC(C)(C)C1CCOCCN1.Cl. The highest BCUT2D eigenvalue weighted by Crippen LogP contribution is 2.22. The maximum Gasteiger partial charge on any atom is 0.0591 e. The van der Waals surface area contributed by atoms with Gasteiger partial charge in [0.25, 0.3) is 0 Å². The fourth-order valence-corrected chi connectivity index (χ4v) is 1.45. The highest BCUT2D eigenvalue weighted by Gasteiger charge is 2.24. The van der Waals surface area contributed by atoms with Gasteiger partial charge in [0.05, 0.1) is 6.61 Å². The molecule has 0 amide bonds. The summed E-state index contributed by atoms with van der Waals surface area (Å²) >= 11 is 0. The zero-order valence-corrected chi connectivity index (χ0v) is 9.04. The van der Waals surface area contributed by atoms with Crippen LogP contribution in [0.25, 0.3) is 0 Å². The summed E-state index contributed by atoms with van der Waals surface area (Å²) < 4.78 is 5.36. The molecule has 1 unspecified atom stereocenters. The zero-order valence-electron chi connectivity index (χ0n) is 8.22. The van der Waals surface area contributed by atoms with E-state index in [1.807, 2.05) is 0 Å². The van der Waals surface area contributed by atoms with E-state index in [4.69, 9.17) is 4.74 Å². The van der Waals surface area contributed by atoms with Crippen LogP contribution in [0.1, 0.15) is 27.2 Å². The molecule has 1 saturated heterocycles. The minimum atomic E-state index is 0. The van der Waals surface area contributed by atoms with E-state index in [9.17, 15) is 0 Å². The fraction of sp³-hybridized carbons (Fsp3) is 1.00. The van der Waals surface area contributed by atoms with E-state index in [1.54, 1.807) is 0 Å². The van der Waals surface area contributed by atoms with Crippen LogP contribution in [0.4, 0.5) is 0 Å². The first kappa shape index (κ1) is 12.2. The number of hydrogen-bond donors (Lipinski definition) is 1. The van der Waals surface area contributed by atoms with Crippen LogP contribution in [0.15, 0.2) is 0 Å². The summed E-state index contributed by atoms with van der Waals surface area (Å²) in [7, 11) is 0. The summed E-state index contributed by atoms with van der Waals surface area (Å²) in [5, 5.41) is 3.50. The van der Waals surface area contributed by atoms with Gasteiger partial charge in [-0.15, -0.1) is 12.4 Å². The summed E-state index contributed by atoms with van der Waals surface area (Å²) in [5.74, 6) is 0.